The average molecular weight is 368 g/mol. The van der Waals surface area contributed by atoms with Gasteiger partial charge in [-0.25, -0.2) is 0 Å². The Hall–Kier alpha value is -0.330. The van der Waals surface area contributed by atoms with Crippen molar-refractivity contribution in [3.05, 3.63) is 26.8 Å². The third kappa shape index (κ3) is 5.70. The third-order valence-electron chi connectivity index (χ3n) is 2.10. The predicted molar refractivity (Wildman–Crippen MR) is 78.5 cm³/mol. The second-order valence-electron chi connectivity index (χ2n) is 3.47. The molecule has 0 unspecified atom stereocenters. The average Bonchev–Trinajstić information content (AvgIpc) is 2.28. The highest BCUT2D eigenvalue weighted by molar-refractivity contribution is 14.1. The molecule has 1 amide bonds. The number of halogens is 2. The molecule has 0 spiro atoms. The number of ether oxygens (including phenoxy) is 1. The van der Waals surface area contributed by atoms with E-state index in [0.717, 1.165) is 15.7 Å². The first kappa shape index (κ1) is 14.7. The maximum Gasteiger partial charge on any atom is 0.224 e. The van der Waals surface area contributed by atoms with Gasteiger partial charge in [-0.05, 0) is 54.1 Å². The highest BCUT2D eigenvalue weighted by Gasteiger charge is 2.05. The maximum absolute atomic E-state index is 11.6. The summed E-state index contributed by atoms with van der Waals surface area (Å²) < 4.78 is 6.11. The Balaban J connectivity index is 2.40. The highest BCUT2D eigenvalue weighted by atomic mass is 127. The number of anilines is 1. The number of carbonyl (C=O) groups is 1. The fourth-order valence-electron chi connectivity index (χ4n) is 1.28. The zero-order valence-electron chi connectivity index (χ0n) is 9.63. The first-order valence-corrected chi connectivity index (χ1v) is 6.91. The summed E-state index contributed by atoms with van der Waals surface area (Å²) in [4.78, 5) is 11.6. The number of hydrogen-bond acceptors (Lipinski definition) is 2. The Morgan fingerprint density at radius 2 is 2.29 bits per heavy atom. The summed E-state index contributed by atoms with van der Waals surface area (Å²) in [6.45, 7) is 3.26. The largest absolute Gasteiger partial charge is 0.382 e. The van der Waals surface area contributed by atoms with Gasteiger partial charge in [0, 0.05) is 28.2 Å². The molecular weight excluding hydrogens is 352 g/mol. The highest BCUT2D eigenvalue weighted by Crippen LogP contribution is 2.22. The van der Waals surface area contributed by atoms with Crippen molar-refractivity contribution >= 4 is 45.8 Å². The Bertz CT molecular complexity index is 385. The van der Waals surface area contributed by atoms with Crippen molar-refractivity contribution in [1.29, 1.82) is 0 Å². The lowest BCUT2D eigenvalue weighted by Crippen LogP contribution is -2.13. The van der Waals surface area contributed by atoms with E-state index in [4.69, 9.17) is 16.3 Å². The van der Waals surface area contributed by atoms with Crippen LogP contribution in [-0.4, -0.2) is 19.1 Å². The van der Waals surface area contributed by atoms with Gasteiger partial charge in [-0.3, -0.25) is 4.79 Å². The van der Waals surface area contributed by atoms with Gasteiger partial charge in [0.05, 0.1) is 5.69 Å². The molecule has 0 fully saturated rings. The topological polar surface area (TPSA) is 38.3 Å². The van der Waals surface area contributed by atoms with Gasteiger partial charge in [-0.2, -0.15) is 0 Å². The van der Waals surface area contributed by atoms with Crippen LogP contribution in [0.5, 0.6) is 0 Å². The lowest BCUT2D eigenvalue weighted by molar-refractivity contribution is -0.116. The molecule has 94 valence electrons. The fourth-order valence-corrected chi connectivity index (χ4v) is 2.29. The van der Waals surface area contributed by atoms with Gasteiger partial charge < -0.3 is 10.1 Å². The van der Waals surface area contributed by atoms with Crippen molar-refractivity contribution in [1.82, 2.24) is 0 Å². The van der Waals surface area contributed by atoms with Crippen molar-refractivity contribution in [2.75, 3.05) is 18.5 Å². The van der Waals surface area contributed by atoms with Crippen molar-refractivity contribution in [2.24, 2.45) is 0 Å². The van der Waals surface area contributed by atoms with E-state index >= 15 is 0 Å². The van der Waals surface area contributed by atoms with Crippen LogP contribution in [0.2, 0.25) is 5.02 Å². The molecule has 0 aliphatic carbocycles. The van der Waals surface area contributed by atoms with Crippen LogP contribution in [0, 0.1) is 3.57 Å². The smallest absolute Gasteiger partial charge is 0.224 e. The van der Waals surface area contributed by atoms with E-state index in [1.165, 1.54) is 0 Å². The fraction of sp³-hybridized carbons (Fsp3) is 0.417. The first-order chi connectivity index (χ1) is 8.13. The summed E-state index contributed by atoms with van der Waals surface area (Å²) in [5, 5.41) is 3.52. The van der Waals surface area contributed by atoms with Gasteiger partial charge in [0.1, 0.15) is 0 Å². The van der Waals surface area contributed by atoms with E-state index < -0.39 is 0 Å². The summed E-state index contributed by atoms with van der Waals surface area (Å²) in [6.07, 6.45) is 1.21. The monoisotopic (exact) mass is 367 g/mol. The molecule has 0 aliphatic rings. The summed E-state index contributed by atoms with van der Waals surface area (Å²) in [7, 11) is 0. The molecule has 0 saturated heterocycles. The van der Waals surface area contributed by atoms with Gasteiger partial charge in [0.2, 0.25) is 5.91 Å². The summed E-state index contributed by atoms with van der Waals surface area (Å²) in [5.74, 6) is 0.00458. The second-order valence-corrected chi connectivity index (χ2v) is 5.07. The van der Waals surface area contributed by atoms with Crippen LogP contribution in [0.4, 0.5) is 5.69 Å². The standard InChI is InChI=1S/C12H15ClINO2/c1-2-17-7-3-4-12(16)15-11-6-5-9(13)8-10(11)14/h5-6,8H,2-4,7H2,1H3,(H,15,16). The lowest BCUT2D eigenvalue weighted by Gasteiger charge is -2.07. The minimum absolute atomic E-state index is 0.00458. The minimum Gasteiger partial charge on any atom is -0.382 e. The van der Waals surface area contributed by atoms with Crippen LogP contribution in [-0.2, 0) is 9.53 Å². The van der Waals surface area contributed by atoms with Crippen LogP contribution >= 0.6 is 34.2 Å². The molecule has 1 rings (SSSR count). The van der Waals surface area contributed by atoms with E-state index in [9.17, 15) is 4.79 Å². The minimum atomic E-state index is 0.00458. The van der Waals surface area contributed by atoms with Gasteiger partial charge in [-0.15, -0.1) is 0 Å². The van der Waals surface area contributed by atoms with E-state index in [1.54, 1.807) is 6.07 Å². The molecule has 0 bridgehead atoms. The zero-order valence-corrected chi connectivity index (χ0v) is 12.5. The molecule has 0 aliphatic heterocycles. The Kier molecular flexibility index (Phi) is 6.84. The number of carbonyl (C=O) groups excluding carboxylic acids is 1. The number of rotatable bonds is 6. The molecule has 1 aromatic rings. The van der Waals surface area contributed by atoms with Crippen molar-refractivity contribution in [3.63, 3.8) is 0 Å². The van der Waals surface area contributed by atoms with Crippen molar-refractivity contribution in [3.8, 4) is 0 Å². The molecule has 3 nitrogen and oxygen atoms in total. The predicted octanol–water partition coefficient (Wildman–Crippen LogP) is 3.70. The molecule has 1 aromatic carbocycles. The third-order valence-corrected chi connectivity index (χ3v) is 3.23. The molecule has 1 N–H and O–H groups in total. The van der Waals surface area contributed by atoms with Crippen LogP contribution in [0.15, 0.2) is 18.2 Å². The SMILES string of the molecule is CCOCCCC(=O)Nc1ccc(Cl)cc1I. The van der Waals surface area contributed by atoms with Gasteiger partial charge in [0.15, 0.2) is 0 Å². The molecule has 0 aromatic heterocycles. The van der Waals surface area contributed by atoms with Gasteiger partial charge >= 0.3 is 0 Å². The lowest BCUT2D eigenvalue weighted by atomic mass is 10.2. The number of nitrogens with one attached hydrogen (secondary N) is 1. The van der Waals surface area contributed by atoms with Gasteiger partial charge in [-0.1, -0.05) is 11.6 Å². The second kappa shape index (κ2) is 7.89. The molecule has 17 heavy (non-hydrogen) atoms. The molecule has 0 radical (unpaired) electrons. The normalized spacial score (nSPS) is 10.3. The zero-order chi connectivity index (χ0) is 12.7. The van der Waals surface area contributed by atoms with Crippen molar-refractivity contribution < 1.29 is 9.53 Å². The van der Waals surface area contributed by atoms with Crippen LogP contribution in [0.25, 0.3) is 0 Å². The van der Waals surface area contributed by atoms with Crippen LogP contribution in [0.3, 0.4) is 0 Å². The Labute approximate surface area is 120 Å². The number of benzene rings is 1. The van der Waals surface area contributed by atoms with E-state index in [1.807, 2.05) is 19.1 Å². The number of hydrogen-bond donors (Lipinski definition) is 1. The summed E-state index contributed by atoms with van der Waals surface area (Å²) >= 11 is 7.98. The van der Waals surface area contributed by atoms with E-state index in [-0.39, 0.29) is 5.91 Å². The Morgan fingerprint density at radius 3 is 2.94 bits per heavy atom. The molecule has 0 heterocycles. The molecular formula is C12H15ClINO2. The summed E-state index contributed by atoms with van der Waals surface area (Å²) in [6, 6.07) is 5.39. The van der Waals surface area contributed by atoms with Crippen molar-refractivity contribution in [2.45, 2.75) is 19.8 Å². The molecule has 0 atom stereocenters. The van der Waals surface area contributed by atoms with E-state index in [0.29, 0.717) is 24.7 Å². The molecule has 0 saturated carbocycles. The molecule has 5 heteroatoms. The van der Waals surface area contributed by atoms with Gasteiger partial charge in [0.25, 0.3) is 0 Å². The first-order valence-electron chi connectivity index (χ1n) is 5.46. The maximum atomic E-state index is 11.6. The summed E-state index contributed by atoms with van der Waals surface area (Å²) in [5.41, 5.74) is 0.802. The van der Waals surface area contributed by atoms with E-state index in [2.05, 4.69) is 27.9 Å². The Morgan fingerprint density at radius 1 is 1.53 bits per heavy atom. The number of amides is 1. The van der Waals surface area contributed by atoms with Crippen LogP contribution in [0.1, 0.15) is 19.8 Å². The van der Waals surface area contributed by atoms with Crippen LogP contribution < -0.4 is 5.32 Å². The quantitative estimate of drug-likeness (QED) is 0.615.